The van der Waals surface area contributed by atoms with E-state index >= 15 is 0 Å². The lowest BCUT2D eigenvalue weighted by molar-refractivity contribution is 0.632. The van der Waals surface area contributed by atoms with Crippen LogP contribution in [0.25, 0.3) is 22.3 Å². The molecular formula is C19H11Cl2FN4. The number of hydrogen-bond donors (Lipinski definition) is 1. The van der Waals surface area contributed by atoms with Crippen molar-refractivity contribution in [2.24, 2.45) is 0 Å². The zero-order valence-corrected chi connectivity index (χ0v) is 14.8. The number of nitrogens with one attached hydrogen (secondary N) is 1. The largest absolute Gasteiger partial charge is 0.337 e. The Labute approximate surface area is 158 Å². The molecule has 0 aliphatic heterocycles. The Morgan fingerprint density at radius 2 is 1.73 bits per heavy atom. The summed E-state index contributed by atoms with van der Waals surface area (Å²) in [6.45, 7) is 0. The molecule has 4 nitrogen and oxygen atoms in total. The molecule has 0 bridgehead atoms. The minimum atomic E-state index is -0.478. The van der Waals surface area contributed by atoms with Gasteiger partial charge in [-0.3, -0.25) is 4.98 Å². The minimum absolute atomic E-state index is 0.256. The first-order valence-corrected chi connectivity index (χ1v) is 8.45. The van der Waals surface area contributed by atoms with E-state index in [0.29, 0.717) is 32.6 Å². The van der Waals surface area contributed by atoms with Crippen LogP contribution in [0.5, 0.6) is 0 Å². The van der Waals surface area contributed by atoms with E-state index in [0.717, 1.165) is 5.56 Å². The van der Waals surface area contributed by atoms with E-state index in [-0.39, 0.29) is 5.69 Å². The summed E-state index contributed by atoms with van der Waals surface area (Å²) < 4.78 is 14.2. The number of hydrogen-bond acceptors (Lipinski definition) is 4. The van der Waals surface area contributed by atoms with Gasteiger partial charge in [-0.05, 0) is 48.5 Å². The summed E-state index contributed by atoms with van der Waals surface area (Å²) in [5.41, 5.74) is 1.69. The van der Waals surface area contributed by atoms with Gasteiger partial charge >= 0.3 is 0 Å². The van der Waals surface area contributed by atoms with Crippen LogP contribution in [-0.4, -0.2) is 15.0 Å². The second-order valence-corrected chi connectivity index (χ2v) is 6.42. The van der Waals surface area contributed by atoms with Crippen LogP contribution >= 0.6 is 23.2 Å². The molecule has 0 saturated heterocycles. The lowest BCUT2D eigenvalue weighted by atomic mass is 10.2. The van der Waals surface area contributed by atoms with Crippen LogP contribution in [0, 0.1) is 5.82 Å². The van der Waals surface area contributed by atoms with Gasteiger partial charge in [0.25, 0.3) is 0 Å². The van der Waals surface area contributed by atoms with Crippen molar-refractivity contribution in [2.75, 3.05) is 5.32 Å². The second kappa shape index (κ2) is 6.86. The number of fused-ring (bicyclic) bond motifs is 1. The monoisotopic (exact) mass is 384 g/mol. The maximum absolute atomic E-state index is 14.2. The molecule has 0 unspecified atom stereocenters. The maximum Gasteiger partial charge on any atom is 0.163 e. The van der Waals surface area contributed by atoms with E-state index in [1.807, 2.05) is 6.07 Å². The van der Waals surface area contributed by atoms with Gasteiger partial charge in [0.05, 0.1) is 11.2 Å². The molecule has 0 aliphatic rings. The molecule has 0 spiro atoms. The molecule has 26 heavy (non-hydrogen) atoms. The summed E-state index contributed by atoms with van der Waals surface area (Å²) in [7, 11) is 0. The van der Waals surface area contributed by atoms with Gasteiger partial charge < -0.3 is 5.32 Å². The van der Waals surface area contributed by atoms with Gasteiger partial charge in [0.15, 0.2) is 5.82 Å². The first-order chi connectivity index (χ1) is 12.6. The van der Waals surface area contributed by atoms with Gasteiger partial charge in [0.1, 0.15) is 11.6 Å². The third kappa shape index (κ3) is 3.31. The molecule has 1 N–H and O–H groups in total. The fraction of sp³-hybridized carbons (Fsp3) is 0. The maximum atomic E-state index is 14.2. The number of halogens is 3. The standard InChI is InChI=1S/C19H11Cl2FN4/c20-12-3-5-16-14(8-12)19(25-17-6-4-13(21)9-15(17)22)26-18(24-16)11-2-1-7-23-10-11/h1-10H,(H,24,25,26). The number of pyridine rings is 1. The van der Waals surface area contributed by atoms with Gasteiger partial charge in [-0.25, -0.2) is 14.4 Å². The Morgan fingerprint density at radius 3 is 2.50 bits per heavy atom. The number of anilines is 2. The Bertz CT molecular complexity index is 1100. The third-order valence-electron chi connectivity index (χ3n) is 3.76. The van der Waals surface area contributed by atoms with E-state index < -0.39 is 5.82 Å². The highest BCUT2D eigenvalue weighted by Crippen LogP contribution is 2.30. The van der Waals surface area contributed by atoms with Crippen LogP contribution < -0.4 is 5.32 Å². The molecule has 0 atom stereocenters. The lowest BCUT2D eigenvalue weighted by Crippen LogP contribution is -2.01. The number of benzene rings is 2. The first-order valence-electron chi connectivity index (χ1n) is 7.70. The average molecular weight is 385 g/mol. The van der Waals surface area contributed by atoms with E-state index in [9.17, 15) is 4.39 Å². The summed E-state index contributed by atoms with van der Waals surface area (Å²) in [5.74, 6) is 0.441. The molecule has 2 aromatic carbocycles. The van der Waals surface area contributed by atoms with E-state index in [1.165, 1.54) is 6.07 Å². The summed E-state index contributed by atoms with van der Waals surface area (Å²) in [4.78, 5) is 13.2. The second-order valence-electron chi connectivity index (χ2n) is 5.55. The fourth-order valence-electron chi connectivity index (χ4n) is 2.54. The number of rotatable bonds is 3. The smallest absolute Gasteiger partial charge is 0.163 e. The Morgan fingerprint density at radius 1 is 0.923 bits per heavy atom. The van der Waals surface area contributed by atoms with Crippen molar-refractivity contribution in [3.63, 3.8) is 0 Å². The molecule has 4 aromatic rings. The van der Waals surface area contributed by atoms with Gasteiger partial charge in [-0.15, -0.1) is 0 Å². The fourth-order valence-corrected chi connectivity index (χ4v) is 2.87. The van der Waals surface area contributed by atoms with Crippen molar-refractivity contribution in [1.29, 1.82) is 0 Å². The van der Waals surface area contributed by atoms with Crippen LogP contribution in [0.2, 0.25) is 10.0 Å². The highest BCUT2D eigenvalue weighted by molar-refractivity contribution is 6.31. The van der Waals surface area contributed by atoms with Gasteiger partial charge in [0.2, 0.25) is 0 Å². The first kappa shape index (κ1) is 16.7. The molecule has 0 fully saturated rings. The molecule has 0 amide bonds. The van der Waals surface area contributed by atoms with Gasteiger partial charge in [-0.2, -0.15) is 0 Å². The molecule has 128 valence electrons. The summed E-state index contributed by atoms with van der Waals surface area (Å²) in [5, 5.41) is 4.55. The molecule has 7 heteroatoms. The van der Waals surface area contributed by atoms with Crippen LogP contribution in [0.4, 0.5) is 15.9 Å². The normalized spacial score (nSPS) is 10.9. The minimum Gasteiger partial charge on any atom is -0.337 e. The molecular weight excluding hydrogens is 374 g/mol. The van der Waals surface area contributed by atoms with Crippen LogP contribution in [-0.2, 0) is 0 Å². The molecule has 2 heterocycles. The van der Waals surface area contributed by atoms with Crippen LogP contribution in [0.3, 0.4) is 0 Å². The predicted octanol–water partition coefficient (Wildman–Crippen LogP) is 5.88. The Balaban J connectivity index is 1.89. The van der Waals surface area contributed by atoms with Crippen molar-refractivity contribution in [3.05, 3.63) is 76.8 Å². The summed E-state index contributed by atoms with van der Waals surface area (Å²) >= 11 is 11.9. The third-order valence-corrected chi connectivity index (χ3v) is 4.23. The SMILES string of the molecule is Fc1cc(Cl)ccc1Nc1nc(-c2cccnc2)nc2ccc(Cl)cc12. The van der Waals surface area contributed by atoms with Crippen molar-refractivity contribution >= 4 is 45.6 Å². The van der Waals surface area contributed by atoms with E-state index in [2.05, 4.69) is 20.3 Å². The number of aromatic nitrogens is 3. The van der Waals surface area contributed by atoms with Gasteiger partial charge in [-0.1, -0.05) is 23.2 Å². The van der Waals surface area contributed by atoms with Crippen LogP contribution in [0.15, 0.2) is 60.9 Å². The van der Waals surface area contributed by atoms with Gasteiger partial charge in [0, 0.05) is 33.4 Å². The highest BCUT2D eigenvalue weighted by Gasteiger charge is 2.12. The molecule has 0 aliphatic carbocycles. The van der Waals surface area contributed by atoms with E-state index in [1.54, 1.807) is 48.8 Å². The topological polar surface area (TPSA) is 50.7 Å². The van der Waals surface area contributed by atoms with E-state index in [4.69, 9.17) is 23.2 Å². The molecule has 0 saturated carbocycles. The predicted molar refractivity (Wildman–Crippen MR) is 102 cm³/mol. The zero-order chi connectivity index (χ0) is 18.1. The van der Waals surface area contributed by atoms with Crippen molar-refractivity contribution < 1.29 is 4.39 Å². The quantitative estimate of drug-likeness (QED) is 0.478. The molecule has 2 aromatic heterocycles. The lowest BCUT2D eigenvalue weighted by Gasteiger charge is -2.12. The Kier molecular flexibility index (Phi) is 4.41. The number of nitrogens with zero attached hydrogens (tertiary/aromatic N) is 3. The molecule has 4 rings (SSSR count). The summed E-state index contributed by atoms with van der Waals surface area (Å²) in [6.07, 6.45) is 3.34. The summed E-state index contributed by atoms with van der Waals surface area (Å²) in [6, 6.07) is 13.3. The Hall–Kier alpha value is -2.76. The zero-order valence-electron chi connectivity index (χ0n) is 13.2. The highest BCUT2D eigenvalue weighted by atomic mass is 35.5. The van der Waals surface area contributed by atoms with Crippen molar-refractivity contribution in [1.82, 2.24) is 15.0 Å². The van der Waals surface area contributed by atoms with Crippen molar-refractivity contribution in [2.45, 2.75) is 0 Å². The van der Waals surface area contributed by atoms with Crippen molar-refractivity contribution in [3.8, 4) is 11.4 Å². The van der Waals surface area contributed by atoms with Crippen LogP contribution in [0.1, 0.15) is 0 Å². The average Bonchev–Trinajstić information content (AvgIpc) is 2.65. The molecule has 0 radical (unpaired) electrons.